The lowest BCUT2D eigenvalue weighted by Crippen LogP contribution is -2.67. The number of carbonyl (C=O) groups is 4. The van der Waals surface area contributed by atoms with E-state index in [-0.39, 0.29) is 0 Å². The third kappa shape index (κ3) is 1.57. The van der Waals surface area contributed by atoms with Crippen LogP contribution in [0.1, 0.15) is 6.92 Å². The molecule has 0 bridgehead atoms. The quantitative estimate of drug-likeness (QED) is 0.423. The Hall–Kier alpha value is -1.96. The monoisotopic (exact) mass is 244 g/mol. The molecule has 1 rings (SSSR count). The maximum absolute atomic E-state index is 11.8. The highest BCUT2D eigenvalue weighted by Gasteiger charge is 2.58. The predicted molar refractivity (Wildman–Crippen MR) is 52.3 cm³/mol. The van der Waals surface area contributed by atoms with Crippen LogP contribution in [0.25, 0.3) is 0 Å². The van der Waals surface area contributed by atoms with Crippen molar-refractivity contribution in [2.75, 3.05) is 14.1 Å². The summed E-state index contributed by atoms with van der Waals surface area (Å²) < 4.78 is 0. The fraction of sp³-hybridized carbons (Fsp3) is 0.556. The maximum atomic E-state index is 11.8. The van der Waals surface area contributed by atoms with Gasteiger partial charge in [-0.3, -0.25) is 14.4 Å². The number of aliphatic hydroxyl groups is 1. The molecule has 1 fully saturated rings. The van der Waals surface area contributed by atoms with Gasteiger partial charge in [0.1, 0.15) is 0 Å². The number of Topliss-reactive ketones (excluding diaryl/α,β-unsaturated/α-hetero) is 1. The summed E-state index contributed by atoms with van der Waals surface area (Å²) in [6.45, 7) is 0.937. The van der Waals surface area contributed by atoms with E-state index in [1.807, 2.05) is 0 Å². The molecule has 2 amide bonds. The number of amides is 2. The third-order valence-corrected chi connectivity index (χ3v) is 2.84. The van der Waals surface area contributed by atoms with Gasteiger partial charge in [-0.1, -0.05) is 0 Å². The van der Waals surface area contributed by atoms with Gasteiger partial charge in [0.2, 0.25) is 18.2 Å². The van der Waals surface area contributed by atoms with Crippen molar-refractivity contribution in [3.05, 3.63) is 0 Å². The summed E-state index contributed by atoms with van der Waals surface area (Å²) in [4.78, 5) is 47.2. The number of rotatable bonds is 2. The van der Waals surface area contributed by atoms with E-state index < -0.39 is 35.3 Å². The molecule has 1 aliphatic heterocycles. The Kier molecular flexibility index (Phi) is 2.94. The zero-order chi connectivity index (χ0) is 13.5. The van der Waals surface area contributed by atoms with E-state index in [0.29, 0.717) is 0 Å². The van der Waals surface area contributed by atoms with Crippen LogP contribution in [0.15, 0.2) is 0 Å². The summed E-state index contributed by atoms with van der Waals surface area (Å²) in [5.41, 5.74) is -2.32. The molecule has 1 saturated heterocycles. The third-order valence-electron chi connectivity index (χ3n) is 2.84. The van der Waals surface area contributed by atoms with E-state index in [0.717, 1.165) is 16.7 Å². The van der Waals surface area contributed by atoms with Crippen LogP contribution in [0.5, 0.6) is 0 Å². The molecular weight excluding hydrogens is 232 g/mol. The Morgan fingerprint density at radius 2 is 1.53 bits per heavy atom. The van der Waals surface area contributed by atoms with Crippen LogP contribution in [0.4, 0.5) is 0 Å². The zero-order valence-corrected chi connectivity index (χ0v) is 9.50. The second kappa shape index (κ2) is 3.81. The number of carboxylic acid groups (broad SMARTS) is 1. The summed E-state index contributed by atoms with van der Waals surface area (Å²) in [5.74, 6) is -5.47. The van der Waals surface area contributed by atoms with Crippen molar-refractivity contribution in [2.45, 2.75) is 13.3 Å². The smallest absolute Gasteiger partial charge is 0.373 e. The first-order valence-corrected chi connectivity index (χ1v) is 4.66. The summed E-state index contributed by atoms with van der Waals surface area (Å²) in [6.07, 6.45) is -1.51. The van der Waals surface area contributed by atoms with Crippen molar-refractivity contribution < 1.29 is 29.4 Å². The Labute approximate surface area is 96.4 Å². The van der Waals surface area contributed by atoms with Crippen LogP contribution in [0, 0.1) is 5.41 Å². The average Bonchev–Trinajstić information content (AvgIpc) is 2.30. The minimum Gasteiger partial charge on any atom is -0.475 e. The van der Waals surface area contributed by atoms with Gasteiger partial charge in [0, 0.05) is 14.1 Å². The molecule has 0 aliphatic carbocycles. The molecule has 94 valence electrons. The average molecular weight is 244 g/mol. The van der Waals surface area contributed by atoms with Gasteiger partial charge in [0.05, 0.1) is 0 Å². The SMILES string of the molecule is CN1C(=O)C(C)(C(=O)C(=O)O)C(=O)N(C)C1O. The van der Waals surface area contributed by atoms with Crippen LogP contribution in [0.2, 0.25) is 0 Å². The molecule has 2 N–H and O–H groups in total. The largest absolute Gasteiger partial charge is 0.475 e. The first-order chi connectivity index (χ1) is 7.65. The van der Waals surface area contributed by atoms with Crippen molar-refractivity contribution >= 4 is 23.6 Å². The van der Waals surface area contributed by atoms with Crippen LogP contribution < -0.4 is 0 Å². The van der Waals surface area contributed by atoms with Crippen molar-refractivity contribution in [1.82, 2.24) is 9.80 Å². The molecule has 17 heavy (non-hydrogen) atoms. The van der Waals surface area contributed by atoms with Gasteiger partial charge in [-0.15, -0.1) is 0 Å². The molecule has 0 atom stereocenters. The molecule has 1 heterocycles. The first kappa shape index (κ1) is 13.1. The van der Waals surface area contributed by atoms with Gasteiger partial charge in [-0.25, -0.2) is 4.79 Å². The number of aliphatic hydroxyl groups excluding tert-OH is 1. The molecule has 0 spiro atoms. The lowest BCUT2D eigenvalue weighted by molar-refractivity contribution is -0.193. The van der Waals surface area contributed by atoms with Crippen LogP contribution in [-0.2, 0) is 19.2 Å². The minimum absolute atomic E-state index is 0.738. The van der Waals surface area contributed by atoms with Gasteiger partial charge in [0.25, 0.3) is 5.78 Å². The van der Waals surface area contributed by atoms with Crippen molar-refractivity contribution in [3.8, 4) is 0 Å². The molecule has 0 saturated carbocycles. The molecular formula is C9H12N2O6. The van der Waals surface area contributed by atoms with Crippen molar-refractivity contribution in [2.24, 2.45) is 5.41 Å². The Balaban J connectivity index is 3.31. The lowest BCUT2D eigenvalue weighted by Gasteiger charge is -2.43. The fourth-order valence-electron chi connectivity index (χ4n) is 1.67. The standard InChI is InChI=1S/C9H12N2O6/c1-9(4(12)5(13)14)6(15)10(2)8(17)11(3)7(9)16/h8,17H,1-3H3,(H,13,14). The second-order valence-corrected chi connectivity index (χ2v) is 3.94. The van der Waals surface area contributed by atoms with Crippen LogP contribution in [0.3, 0.4) is 0 Å². The molecule has 0 aromatic rings. The Bertz CT molecular complexity index is 396. The predicted octanol–water partition coefficient (Wildman–Crippen LogP) is -2.15. The molecule has 1 aliphatic rings. The summed E-state index contributed by atoms with van der Waals surface area (Å²) in [5, 5.41) is 18.1. The van der Waals surface area contributed by atoms with Gasteiger partial charge < -0.3 is 20.0 Å². The summed E-state index contributed by atoms with van der Waals surface area (Å²) >= 11 is 0. The van der Waals surface area contributed by atoms with Gasteiger partial charge in [0.15, 0.2) is 5.41 Å². The normalized spacial score (nSPS) is 29.5. The summed E-state index contributed by atoms with van der Waals surface area (Å²) in [7, 11) is 2.34. The van der Waals surface area contributed by atoms with E-state index in [9.17, 15) is 24.3 Å². The highest BCUT2D eigenvalue weighted by Crippen LogP contribution is 2.30. The number of hydrogen-bond donors (Lipinski definition) is 2. The number of carbonyl (C=O) groups excluding carboxylic acids is 3. The minimum atomic E-state index is -2.32. The lowest BCUT2D eigenvalue weighted by atomic mass is 9.81. The highest BCUT2D eigenvalue weighted by atomic mass is 16.4. The molecule has 0 aromatic carbocycles. The number of carboxylic acids is 1. The van der Waals surface area contributed by atoms with Gasteiger partial charge in [-0.2, -0.15) is 0 Å². The van der Waals surface area contributed by atoms with Crippen LogP contribution >= 0.6 is 0 Å². The first-order valence-electron chi connectivity index (χ1n) is 4.66. The highest BCUT2D eigenvalue weighted by molar-refractivity contribution is 6.45. The number of hydrogen-bond acceptors (Lipinski definition) is 5. The van der Waals surface area contributed by atoms with E-state index in [1.165, 1.54) is 14.1 Å². The summed E-state index contributed by atoms with van der Waals surface area (Å²) in [6, 6.07) is 0. The molecule has 8 nitrogen and oxygen atoms in total. The van der Waals surface area contributed by atoms with Gasteiger partial charge in [-0.05, 0) is 6.92 Å². The van der Waals surface area contributed by atoms with E-state index in [2.05, 4.69) is 0 Å². The topological polar surface area (TPSA) is 115 Å². The van der Waals surface area contributed by atoms with Crippen LogP contribution in [-0.4, -0.2) is 64.0 Å². The number of aliphatic carboxylic acids is 1. The Morgan fingerprint density at radius 1 is 1.18 bits per heavy atom. The molecule has 8 heteroatoms. The van der Waals surface area contributed by atoms with Crippen molar-refractivity contribution in [3.63, 3.8) is 0 Å². The number of nitrogens with zero attached hydrogens (tertiary/aromatic N) is 2. The van der Waals surface area contributed by atoms with E-state index >= 15 is 0 Å². The molecule has 0 aromatic heterocycles. The van der Waals surface area contributed by atoms with Crippen molar-refractivity contribution in [1.29, 1.82) is 0 Å². The zero-order valence-electron chi connectivity index (χ0n) is 9.50. The number of ketones is 1. The molecule has 0 radical (unpaired) electrons. The second-order valence-electron chi connectivity index (χ2n) is 3.94. The van der Waals surface area contributed by atoms with E-state index in [4.69, 9.17) is 5.11 Å². The van der Waals surface area contributed by atoms with E-state index in [1.54, 1.807) is 0 Å². The Morgan fingerprint density at radius 3 is 1.82 bits per heavy atom. The molecule has 0 unspecified atom stereocenters. The maximum Gasteiger partial charge on any atom is 0.373 e. The van der Waals surface area contributed by atoms with Gasteiger partial charge >= 0.3 is 5.97 Å². The fourth-order valence-corrected chi connectivity index (χ4v) is 1.67.